The Labute approximate surface area is 97.8 Å². The lowest BCUT2D eigenvalue weighted by Crippen LogP contribution is -2.44. The Kier molecular flexibility index (Phi) is 3.26. The van der Waals surface area contributed by atoms with E-state index in [4.69, 9.17) is 0 Å². The lowest BCUT2D eigenvalue weighted by Gasteiger charge is -2.34. The van der Waals surface area contributed by atoms with Crippen LogP contribution >= 0.6 is 15.9 Å². The minimum absolute atomic E-state index is 0.188. The summed E-state index contributed by atoms with van der Waals surface area (Å²) < 4.78 is 13.9. The van der Waals surface area contributed by atoms with Crippen molar-refractivity contribution in [3.05, 3.63) is 28.5 Å². The van der Waals surface area contributed by atoms with E-state index in [-0.39, 0.29) is 5.82 Å². The lowest BCUT2D eigenvalue weighted by atomic mass is 10.2. The van der Waals surface area contributed by atoms with E-state index in [9.17, 15) is 4.39 Å². The molecule has 0 amide bonds. The first-order chi connectivity index (χ1) is 7.16. The van der Waals surface area contributed by atoms with E-state index in [0.29, 0.717) is 4.47 Å². The molecule has 0 aliphatic carbocycles. The molecule has 1 saturated heterocycles. The van der Waals surface area contributed by atoms with Gasteiger partial charge in [-0.05, 0) is 41.2 Å². The molecule has 0 N–H and O–H groups in total. The zero-order valence-electron chi connectivity index (χ0n) is 8.71. The Hall–Kier alpha value is -0.610. The van der Waals surface area contributed by atoms with Gasteiger partial charge in [-0.2, -0.15) is 0 Å². The minimum atomic E-state index is -0.188. The van der Waals surface area contributed by atoms with Crippen molar-refractivity contribution in [1.82, 2.24) is 4.90 Å². The third-order valence-electron chi connectivity index (χ3n) is 2.77. The summed E-state index contributed by atoms with van der Waals surface area (Å²) in [5.41, 5.74) is 0.976. The Morgan fingerprint density at radius 3 is 2.47 bits per heavy atom. The van der Waals surface area contributed by atoms with Crippen LogP contribution in [-0.4, -0.2) is 38.1 Å². The van der Waals surface area contributed by atoms with Gasteiger partial charge in [-0.1, -0.05) is 0 Å². The van der Waals surface area contributed by atoms with Crippen LogP contribution in [0.3, 0.4) is 0 Å². The van der Waals surface area contributed by atoms with Gasteiger partial charge in [0.25, 0.3) is 0 Å². The van der Waals surface area contributed by atoms with Gasteiger partial charge in [0.15, 0.2) is 0 Å². The quantitative estimate of drug-likeness (QED) is 0.775. The molecule has 4 heteroatoms. The molecule has 0 radical (unpaired) electrons. The molecule has 0 atom stereocenters. The molecule has 82 valence electrons. The van der Waals surface area contributed by atoms with Crippen LogP contribution < -0.4 is 4.90 Å². The largest absolute Gasteiger partial charge is 0.369 e. The van der Waals surface area contributed by atoms with Gasteiger partial charge in [0.05, 0.1) is 4.47 Å². The van der Waals surface area contributed by atoms with Gasteiger partial charge in [-0.3, -0.25) is 0 Å². The van der Waals surface area contributed by atoms with Crippen molar-refractivity contribution in [2.45, 2.75) is 0 Å². The van der Waals surface area contributed by atoms with Crippen LogP contribution in [0, 0.1) is 5.82 Å². The summed E-state index contributed by atoms with van der Waals surface area (Å²) in [5.74, 6) is -0.188. The Morgan fingerprint density at radius 1 is 1.20 bits per heavy atom. The highest BCUT2D eigenvalue weighted by Crippen LogP contribution is 2.22. The summed E-state index contributed by atoms with van der Waals surface area (Å²) in [6.45, 7) is 4.02. The maximum absolute atomic E-state index is 13.3. The van der Waals surface area contributed by atoms with Crippen LogP contribution in [0.2, 0.25) is 0 Å². The van der Waals surface area contributed by atoms with Crippen LogP contribution in [0.25, 0.3) is 0 Å². The number of hydrogen-bond donors (Lipinski definition) is 0. The molecular weight excluding hydrogens is 259 g/mol. The number of benzene rings is 1. The zero-order chi connectivity index (χ0) is 10.8. The van der Waals surface area contributed by atoms with Crippen LogP contribution in [0.4, 0.5) is 10.1 Å². The topological polar surface area (TPSA) is 6.48 Å². The number of hydrogen-bond acceptors (Lipinski definition) is 2. The fourth-order valence-electron chi connectivity index (χ4n) is 1.75. The smallest absolute Gasteiger partial charge is 0.139 e. The van der Waals surface area contributed by atoms with Crippen LogP contribution in [0.5, 0.6) is 0 Å². The maximum Gasteiger partial charge on any atom is 0.139 e. The van der Waals surface area contributed by atoms with Gasteiger partial charge in [0.1, 0.15) is 5.82 Å². The molecule has 0 spiro atoms. The van der Waals surface area contributed by atoms with Gasteiger partial charge < -0.3 is 9.80 Å². The Morgan fingerprint density at radius 2 is 1.87 bits per heavy atom. The highest BCUT2D eigenvalue weighted by Gasteiger charge is 2.14. The van der Waals surface area contributed by atoms with Crippen LogP contribution in [-0.2, 0) is 0 Å². The van der Waals surface area contributed by atoms with Gasteiger partial charge >= 0.3 is 0 Å². The number of piperazine rings is 1. The van der Waals surface area contributed by atoms with Gasteiger partial charge in [-0.15, -0.1) is 0 Å². The average Bonchev–Trinajstić information content (AvgIpc) is 2.23. The summed E-state index contributed by atoms with van der Waals surface area (Å²) in [4.78, 5) is 4.50. The van der Waals surface area contributed by atoms with E-state index < -0.39 is 0 Å². The number of likely N-dealkylation sites (N-methyl/N-ethyl adjacent to an activating group) is 1. The fourth-order valence-corrected chi connectivity index (χ4v) is 1.99. The Balaban J connectivity index is 2.12. The molecule has 1 fully saturated rings. The average molecular weight is 273 g/mol. The van der Waals surface area contributed by atoms with E-state index in [1.54, 1.807) is 12.1 Å². The molecule has 0 saturated carbocycles. The normalized spacial score (nSPS) is 18.2. The first-order valence-electron chi connectivity index (χ1n) is 5.05. The van der Waals surface area contributed by atoms with Gasteiger partial charge in [-0.25, -0.2) is 4.39 Å². The molecule has 1 heterocycles. The lowest BCUT2D eigenvalue weighted by molar-refractivity contribution is 0.312. The standard InChI is InChI=1S/C11H14BrFN2/c1-14-4-6-15(7-5-14)9-2-3-10(12)11(13)8-9/h2-3,8H,4-7H2,1H3. The second kappa shape index (κ2) is 4.49. The summed E-state index contributed by atoms with van der Waals surface area (Å²) in [6, 6.07) is 5.32. The third kappa shape index (κ3) is 2.49. The second-order valence-electron chi connectivity index (χ2n) is 3.89. The number of rotatable bonds is 1. The summed E-state index contributed by atoms with van der Waals surface area (Å²) in [7, 11) is 2.11. The summed E-state index contributed by atoms with van der Waals surface area (Å²) in [6.07, 6.45) is 0. The molecule has 0 bridgehead atoms. The predicted octanol–water partition coefficient (Wildman–Crippen LogP) is 2.34. The molecule has 15 heavy (non-hydrogen) atoms. The van der Waals surface area contributed by atoms with Crippen molar-refractivity contribution in [2.24, 2.45) is 0 Å². The SMILES string of the molecule is CN1CCN(c2ccc(Br)c(F)c2)CC1. The van der Waals surface area contributed by atoms with Crippen molar-refractivity contribution in [1.29, 1.82) is 0 Å². The molecule has 1 aliphatic heterocycles. The molecule has 0 aromatic heterocycles. The van der Waals surface area contributed by atoms with Crippen LogP contribution in [0.1, 0.15) is 0 Å². The zero-order valence-corrected chi connectivity index (χ0v) is 10.3. The van der Waals surface area contributed by atoms with E-state index in [1.807, 2.05) is 6.07 Å². The van der Waals surface area contributed by atoms with E-state index in [0.717, 1.165) is 31.9 Å². The molecule has 0 unspecified atom stereocenters. The highest BCUT2D eigenvalue weighted by molar-refractivity contribution is 9.10. The van der Waals surface area contributed by atoms with E-state index >= 15 is 0 Å². The van der Waals surface area contributed by atoms with Gasteiger partial charge in [0, 0.05) is 31.9 Å². The van der Waals surface area contributed by atoms with Crippen molar-refractivity contribution < 1.29 is 4.39 Å². The van der Waals surface area contributed by atoms with E-state index in [1.165, 1.54) is 0 Å². The molecule has 2 nitrogen and oxygen atoms in total. The maximum atomic E-state index is 13.3. The molecule has 1 aromatic carbocycles. The van der Waals surface area contributed by atoms with Crippen LogP contribution in [0.15, 0.2) is 22.7 Å². The molecule has 1 aliphatic rings. The highest BCUT2D eigenvalue weighted by atomic mass is 79.9. The summed E-state index contributed by atoms with van der Waals surface area (Å²) >= 11 is 3.16. The Bertz CT molecular complexity index is 348. The van der Waals surface area contributed by atoms with Crippen molar-refractivity contribution >= 4 is 21.6 Å². The second-order valence-corrected chi connectivity index (χ2v) is 4.74. The predicted molar refractivity (Wildman–Crippen MR) is 63.8 cm³/mol. The number of halogens is 2. The summed E-state index contributed by atoms with van der Waals surface area (Å²) in [5, 5.41) is 0. The first-order valence-corrected chi connectivity index (χ1v) is 5.84. The number of anilines is 1. The molecule has 1 aromatic rings. The fraction of sp³-hybridized carbons (Fsp3) is 0.455. The van der Waals surface area contributed by atoms with Crippen molar-refractivity contribution in [3.63, 3.8) is 0 Å². The van der Waals surface area contributed by atoms with Crippen molar-refractivity contribution in [3.8, 4) is 0 Å². The molecule has 2 rings (SSSR count). The van der Waals surface area contributed by atoms with Crippen molar-refractivity contribution in [2.75, 3.05) is 38.1 Å². The minimum Gasteiger partial charge on any atom is -0.369 e. The number of nitrogens with zero attached hydrogens (tertiary/aromatic N) is 2. The van der Waals surface area contributed by atoms with Gasteiger partial charge in [0.2, 0.25) is 0 Å². The van der Waals surface area contributed by atoms with E-state index in [2.05, 4.69) is 32.8 Å². The third-order valence-corrected chi connectivity index (χ3v) is 3.41. The molecular formula is C11H14BrFN2. The first kappa shape index (κ1) is 10.9. The monoisotopic (exact) mass is 272 g/mol.